The molecular weight excluding hydrogens is 199 g/mol. The Morgan fingerprint density at radius 2 is 2.00 bits per heavy atom. The molecule has 1 aromatic heterocycles. The van der Waals surface area contributed by atoms with Crippen molar-refractivity contribution in [2.75, 3.05) is 0 Å². The van der Waals surface area contributed by atoms with E-state index >= 15 is 0 Å². The molecule has 3 nitrogen and oxygen atoms in total. The monoisotopic (exact) mass is 208 g/mol. The lowest BCUT2D eigenvalue weighted by Crippen LogP contribution is -2.26. The average molecular weight is 208 g/mol. The quantitative estimate of drug-likeness (QED) is 0.601. The van der Waals surface area contributed by atoms with Gasteiger partial charge in [-0.3, -0.25) is 0 Å². The summed E-state index contributed by atoms with van der Waals surface area (Å²) in [6, 6.07) is 5.60. The summed E-state index contributed by atoms with van der Waals surface area (Å²) in [4.78, 5) is 0. The van der Waals surface area contributed by atoms with Crippen LogP contribution in [0.4, 0.5) is 0 Å². The van der Waals surface area contributed by atoms with Crippen molar-refractivity contribution in [3.05, 3.63) is 23.8 Å². The van der Waals surface area contributed by atoms with Crippen LogP contribution in [-0.2, 0) is 0 Å². The molecule has 0 atom stereocenters. The largest absolute Gasteiger partial charge is 0.507 e. The standard InChI is InChI=1S/C9H9BO3S/c1-5-3-2-4-6-7(5)8(11)9(14-6)10(12)13/h2-4,11-13H,1H3. The van der Waals surface area contributed by atoms with Crippen molar-refractivity contribution in [1.29, 1.82) is 0 Å². The first-order chi connectivity index (χ1) is 6.61. The number of thiophene rings is 1. The molecule has 2 rings (SSSR count). The van der Waals surface area contributed by atoms with E-state index in [4.69, 9.17) is 10.0 Å². The van der Waals surface area contributed by atoms with E-state index in [0.29, 0.717) is 5.39 Å². The summed E-state index contributed by atoms with van der Waals surface area (Å²) in [6.07, 6.45) is 0. The van der Waals surface area contributed by atoms with Gasteiger partial charge in [0.1, 0.15) is 5.75 Å². The number of fused-ring (bicyclic) bond motifs is 1. The smallest absolute Gasteiger partial charge is 0.502 e. The topological polar surface area (TPSA) is 60.7 Å². The Bertz CT molecular complexity index is 478. The van der Waals surface area contributed by atoms with Gasteiger partial charge in [-0.05, 0) is 18.6 Å². The molecule has 0 unspecified atom stereocenters. The first kappa shape index (κ1) is 9.52. The third-order valence-electron chi connectivity index (χ3n) is 2.16. The molecule has 5 heteroatoms. The first-order valence-corrected chi connectivity index (χ1v) is 5.00. The molecule has 0 bridgehead atoms. The molecule has 0 aliphatic rings. The fourth-order valence-electron chi connectivity index (χ4n) is 1.49. The van der Waals surface area contributed by atoms with E-state index in [1.54, 1.807) is 0 Å². The number of benzene rings is 1. The van der Waals surface area contributed by atoms with Gasteiger partial charge in [0.15, 0.2) is 0 Å². The van der Waals surface area contributed by atoms with Gasteiger partial charge >= 0.3 is 7.12 Å². The van der Waals surface area contributed by atoms with Crippen molar-refractivity contribution in [2.24, 2.45) is 0 Å². The molecule has 0 saturated heterocycles. The van der Waals surface area contributed by atoms with Crippen molar-refractivity contribution < 1.29 is 15.2 Å². The van der Waals surface area contributed by atoms with Gasteiger partial charge in [0, 0.05) is 10.1 Å². The van der Waals surface area contributed by atoms with Crippen LogP contribution in [-0.4, -0.2) is 22.3 Å². The molecule has 0 spiro atoms. The molecular formula is C9H9BO3S. The molecule has 0 amide bonds. The summed E-state index contributed by atoms with van der Waals surface area (Å²) in [6.45, 7) is 1.88. The highest BCUT2D eigenvalue weighted by Crippen LogP contribution is 2.31. The van der Waals surface area contributed by atoms with E-state index in [9.17, 15) is 5.11 Å². The summed E-state index contributed by atoms with van der Waals surface area (Å²) < 4.78 is 1.07. The minimum atomic E-state index is -1.60. The van der Waals surface area contributed by atoms with Crippen molar-refractivity contribution >= 4 is 33.3 Å². The van der Waals surface area contributed by atoms with Gasteiger partial charge in [-0.1, -0.05) is 12.1 Å². The van der Waals surface area contributed by atoms with Gasteiger partial charge in [-0.15, -0.1) is 11.3 Å². The van der Waals surface area contributed by atoms with Crippen LogP contribution in [0.5, 0.6) is 5.75 Å². The molecule has 2 aromatic rings. The third kappa shape index (κ3) is 1.30. The molecule has 14 heavy (non-hydrogen) atoms. The van der Waals surface area contributed by atoms with E-state index in [0.717, 1.165) is 10.3 Å². The number of rotatable bonds is 1. The number of aryl methyl sites for hydroxylation is 1. The number of hydrogen-bond acceptors (Lipinski definition) is 4. The zero-order valence-corrected chi connectivity index (χ0v) is 8.38. The maximum Gasteiger partial charge on any atom is 0.502 e. The zero-order chi connectivity index (χ0) is 10.3. The second-order valence-electron chi connectivity index (χ2n) is 3.14. The summed E-state index contributed by atoms with van der Waals surface area (Å²) in [5.41, 5.74) is 0.933. The Morgan fingerprint density at radius 1 is 1.29 bits per heavy atom. The second kappa shape index (κ2) is 3.27. The van der Waals surface area contributed by atoms with Crippen LogP contribution in [0, 0.1) is 6.92 Å². The molecule has 0 aliphatic carbocycles. The molecule has 1 heterocycles. The van der Waals surface area contributed by atoms with Gasteiger partial charge in [0.2, 0.25) is 0 Å². The highest BCUT2D eigenvalue weighted by atomic mass is 32.1. The maximum atomic E-state index is 9.73. The first-order valence-electron chi connectivity index (χ1n) is 4.18. The molecule has 0 saturated carbocycles. The van der Waals surface area contributed by atoms with Crippen LogP contribution in [0.25, 0.3) is 10.1 Å². The summed E-state index contributed by atoms with van der Waals surface area (Å²) in [5, 5.41) is 28.4. The van der Waals surface area contributed by atoms with E-state index in [2.05, 4.69) is 0 Å². The normalized spacial score (nSPS) is 10.8. The summed E-state index contributed by atoms with van der Waals surface area (Å²) in [5.74, 6) is -0.0156. The Hall–Kier alpha value is -1.04. The van der Waals surface area contributed by atoms with Crippen LogP contribution in [0.1, 0.15) is 5.56 Å². The predicted molar refractivity (Wildman–Crippen MR) is 58.1 cm³/mol. The lowest BCUT2D eigenvalue weighted by molar-refractivity contribution is 0.422. The molecule has 3 N–H and O–H groups in total. The van der Waals surface area contributed by atoms with Crippen LogP contribution in [0.2, 0.25) is 0 Å². The van der Waals surface area contributed by atoms with Crippen LogP contribution in [0.3, 0.4) is 0 Å². The van der Waals surface area contributed by atoms with Crippen molar-refractivity contribution in [3.8, 4) is 5.75 Å². The van der Waals surface area contributed by atoms with Crippen molar-refractivity contribution in [2.45, 2.75) is 6.92 Å². The van der Waals surface area contributed by atoms with Crippen molar-refractivity contribution in [3.63, 3.8) is 0 Å². The zero-order valence-electron chi connectivity index (χ0n) is 7.56. The van der Waals surface area contributed by atoms with Gasteiger partial charge in [-0.25, -0.2) is 0 Å². The van der Waals surface area contributed by atoms with Crippen LogP contribution >= 0.6 is 11.3 Å². The summed E-state index contributed by atoms with van der Waals surface area (Å²) in [7, 11) is -1.60. The van der Waals surface area contributed by atoms with Gasteiger partial charge in [0.05, 0.1) is 4.78 Å². The van der Waals surface area contributed by atoms with Crippen molar-refractivity contribution in [1.82, 2.24) is 0 Å². The van der Waals surface area contributed by atoms with Gasteiger partial charge < -0.3 is 15.2 Å². The minimum Gasteiger partial charge on any atom is -0.507 e. The predicted octanol–water partition coefficient (Wildman–Crippen LogP) is 0.595. The SMILES string of the molecule is Cc1cccc2sc(B(O)O)c(O)c12. The molecule has 0 fully saturated rings. The minimum absolute atomic E-state index is 0.0156. The fourth-order valence-corrected chi connectivity index (χ4v) is 2.54. The number of hydrogen-bond donors (Lipinski definition) is 3. The number of aromatic hydroxyl groups is 1. The molecule has 1 aromatic carbocycles. The second-order valence-corrected chi connectivity index (χ2v) is 4.22. The van der Waals surface area contributed by atoms with Gasteiger partial charge in [0.25, 0.3) is 0 Å². The average Bonchev–Trinajstić information content (AvgIpc) is 2.45. The highest BCUT2D eigenvalue weighted by molar-refractivity contribution is 7.28. The molecule has 72 valence electrons. The van der Waals surface area contributed by atoms with E-state index in [1.807, 2.05) is 25.1 Å². The maximum absolute atomic E-state index is 9.73. The van der Waals surface area contributed by atoms with E-state index < -0.39 is 7.12 Å². The van der Waals surface area contributed by atoms with Crippen LogP contribution in [0.15, 0.2) is 18.2 Å². The third-order valence-corrected chi connectivity index (χ3v) is 3.34. The Balaban J connectivity index is 2.81. The summed E-state index contributed by atoms with van der Waals surface area (Å²) >= 11 is 1.20. The Kier molecular flexibility index (Phi) is 2.22. The molecule has 0 radical (unpaired) electrons. The Labute approximate surface area is 85.4 Å². The lowest BCUT2D eigenvalue weighted by atomic mass is 9.88. The fraction of sp³-hybridized carbons (Fsp3) is 0.111. The van der Waals surface area contributed by atoms with Crippen LogP contribution < -0.4 is 4.78 Å². The Morgan fingerprint density at radius 3 is 2.57 bits per heavy atom. The van der Waals surface area contributed by atoms with Gasteiger partial charge in [-0.2, -0.15) is 0 Å². The molecule has 0 aliphatic heterocycles. The highest BCUT2D eigenvalue weighted by Gasteiger charge is 2.22. The lowest BCUT2D eigenvalue weighted by Gasteiger charge is -1.97. The van der Waals surface area contributed by atoms with E-state index in [-0.39, 0.29) is 10.5 Å². The van der Waals surface area contributed by atoms with E-state index in [1.165, 1.54) is 11.3 Å².